The van der Waals surface area contributed by atoms with E-state index in [0.717, 1.165) is 0 Å². The predicted molar refractivity (Wildman–Crippen MR) is 87.7 cm³/mol. The summed E-state index contributed by atoms with van der Waals surface area (Å²) in [7, 11) is -0.995. The van der Waals surface area contributed by atoms with Gasteiger partial charge in [-0.2, -0.15) is 0 Å². The Kier molecular flexibility index (Phi) is 6.74. The highest BCUT2D eigenvalue weighted by atomic mass is 32.2. The van der Waals surface area contributed by atoms with Crippen LogP contribution < -0.4 is 10.1 Å². The van der Waals surface area contributed by atoms with Gasteiger partial charge in [0.1, 0.15) is 5.75 Å². The van der Waals surface area contributed by atoms with Crippen molar-refractivity contribution in [3.05, 3.63) is 29.8 Å². The Morgan fingerprint density at radius 3 is 2.55 bits per heavy atom. The Balaban J connectivity index is 2.36. The van der Waals surface area contributed by atoms with Crippen LogP contribution in [0.1, 0.15) is 38.1 Å². The number of carbonyl (C=O) groups is 2. The molecular formula is C16H23NO4S. The zero-order valence-corrected chi connectivity index (χ0v) is 14.3. The monoisotopic (exact) mass is 325 g/mol. The van der Waals surface area contributed by atoms with E-state index in [9.17, 15) is 13.8 Å². The minimum Gasteiger partial charge on any atom is -0.484 e. The summed E-state index contributed by atoms with van der Waals surface area (Å²) in [5.41, 5.74) is 0.540. The average molecular weight is 325 g/mol. The van der Waals surface area contributed by atoms with Gasteiger partial charge in [-0.1, -0.05) is 12.1 Å². The zero-order chi connectivity index (χ0) is 16.8. The number of ether oxygens (including phenoxy) is 1. The second kappa shape index (κ2) is 8.08. The highest BCUT2D eigenvalue weighted by molar-refractivity contribution is 7.86. The van der Waals surface area contributed by atoms with E-state index in [1.54, 1.807) is 24.3 Å². The standard InChI is InChI=1S/C16H23NO4S/c1-12(18)13-6-5-7-14(10-13)21-11-15(19)17-8-9-22(20)16(2,3)4/h5-7,10H,8-9,11H2,1-4H3,(H,17,19)/t22-/m0/s1. The first kappa shape index (κ1) is 18.4. The summed E-state index contributed by atoms with van der Waals surface area (Å²) in [5.74, 6) is 0.550. The molecule has 0 aromatic heterocycles. The van der Waals surface area contributed by atoms with Crippen LogP contribution in [-0.4, -0.2) is 39.6 Å². The lowest BCUT2D eigenvalue weighted by atomic mass is 10.1. The summed E-state index contributed by atoms with van der Waals surface area (Å²) in [6.45, 7) is 7.38. The van der Waals surface area contributed by atoms with E-state index in [-0.39, 0.29) is 23.0 Å². The molecule has 0 aliphatic rings. The average Bonchev–Trinajstić information content (AvgIpc) is 2.44. The Bertz CT molecular complexity index is 564. The van der Waals surface area contributed by atoms with Gasteiger partial charge in [-0.05, 0) is 39.8 Å². The molecule has 22 heavy (non-hydrogen) atoms. The first-order chi connectivity index (χ1) is 10.2. The molecule has 1 aromatic carbocycles. The highest BCUT2D eigenvalue weighted by Crippen LogP contribution is 2.13. The molecule has 0 radical (unpaired) electrons. The molecule has 0 unspecified atom stereocenters. The number of amides is 1. The van der Waals surface area contributed by atoms with E-state index in [2.05, 4.69) is 5.32 Å². The summed E-state index contributed by atoms with van der Waals surface area (Å²) in [4.78, 5) is 22.9. The number of Topliss-reactive ketones (excluding diaryl/α,β-unsaturated/α-hetero) is 1. The molecule has 5 nitrogen and oxygen atoms in total. The van der Waals surface area contributed by atoms with Crippen molar-refractivity contribution < 1.29 is 18.5 Å². The molecule has 1 atom stereocenters. The summed E-state index contributed by atoms with van der Waals surface area (Å²) in [6.07, 6.45) is 0. The molecule has 1 amide bonds. The van der Waals surface area contributed by atoms with Crippen molar-refractivity contribution in [1.29, 1.82) is 0 Å². The number of nitrogens with one attached hydrogen (secondary N) is 1. The molecule has 6 heteroatoms. The second-order valence-electron chi connectivity index (χ2n) is 5.88. The van der Waals surface area contributed by atoms with E-state index in [4.69, 9.17) is 4.74 Å². The Morgan fingerprint density at radius 1 is 1.27 bits per heavy atom. The summed E-state index contributed by atoms with van der Waals surface area (Å²) >= 11 is 0. The normalized spacial score (nSPS) is 12.5. The molecule has 0 saturated heterocycles. The maximum atomic E-state index is 11.8. The maximum Gasteiger partial charge on any atom is 0.257 e. The number of benzene rings is 1. The van der Waals surface area contributed by atoms with Gasteiger partial charge in [-0.15, -0.1) is 0 Å². The topological polar surface area (TPSA) is 72.5 Å². The number of hydrogen-bond donors (Lipinski definition) is 1. The quantitative estimate of drug-likeness (QED) is 0.778. The molecule has 1 N–H and O–H groups in total. The molecule has 0 bridgehead atoms. The summed E-state index contributed by atoms with van der Waals surface area (Å²) < 4.78 is 16.9. The molecule has 0 saturated carbocycles. The molecule has 0 aliphatic carbocycles. The van der Waals surface area contributed by atoms with Gasteiger partial charge >= 0.3 is 0 Å². The Morgan fingerprint density at radius 2 is 1.95 bits per heavy atom. The second-order valence-corrected chi connectivity index (χ2v) is 8.21. The van der Waals surface area contributed by atoms with Crippen LogP contribution in [0.4, 0.5) is 0 Å². The van der Waals surface area contributed by atoms with E-state index in [0.29, 0.717) is 23.6 Å². The van der Waals surface area contributed by atoms with Crippen molar-refractivity contribution in [2.45, 2.75) is 32.4 Å². The molecule has 0 heterocycles. The van der Waals surface area contributed by atoms with E-state index in [1.165, 1.54) is 6.92 Å². The Labute approximate surface area is 133 Å². The van der Waals surface area contributed by atoms with Gasteiger partial charge in [-0.3, -0.25) is 13.8 Å². The van der Waals surface area contributed by atoms with Gasteiger partial charge < -0.3 is 10.1 Å². The molecule has 0 fully saturated rings. The van der Waals surface area contributed by atoms with Crippen LogP contribution in [0.15, 0.2) is 24.3 Å². The lowest BCUT2D eigenvalue weighted by Crippen LogP contribution is -2.35. The Hall–Kier alpha value is -1.69. The van der Waals surface area contributed by atoms with Crippen LogP contribution in [0.2, 0.25) is 0 Å². The highest BCUT2D eigenvalue weighted by Gasteiger charge is 2.18. The SMILES string of the molecule is CC(=O)c1cccc(OCC(=O)NCC[S@](=O)C(C)(C)C)c1. The number of rotatable bonds is 7. The van der Waals surface area contributed by atoms with Crippen molar-refractivity contribution in [2.75, 3.05) is 18.9 Å². The van der Waals surface area contributed by atoms with E-state index >= 15 is 0 Å². The van der Waals surface area contributed by atoms with Gasteiger partial charge in [0, 0.05) is 33.4 Å². The van der Waals surface area contributed by atoms with Crippen LogP contribution in [0.25, 0.3) is 0 Å². The molecule has 0 spiro atoms. The molecule has 0 aliphatic heterocycles. The van der Waals surface area contributed by atoms with E-state index in [1.807, 2.05) is 20.8 Å². The largest absolute Gasteiger partial charge is 0.484 e. The maximum absolute atomic E-state index is 11.8. The third-order valence-electron chi connectivity index (χ3n) is 2.90. The van der Waals surface area contributed by atoms with Crippen molar-refractivity contribution >= 4 is 22.5 Å². The van der Waals surface area contributed by atoms with Crippen LogP contribution in [0.5, 0.6) is 5.75 Å². The van der Waals surface area contributed by atoms with Crippen molar-refractivity contribution in [1.82, 2.24) is 5.32 Å². The minimum absolute atomic E-state index is 0.0560. The van der Waals surface area contributed by atoms with Crippen LogP contribution in [0.3, 0.4) is 0 Å². The van der Waals surface area contributed by atoms with Gasteiger partial charge in [0.2, 0.25) is 0 Å². The lowest BCUT2D eigenvalue weighted by Gasteiger charge is -2.17. The van der Waals surface area contributed by atoms with Crippen LogP contribution in [-0.2, 0) is 15.6 Å². The first-order valence-corrected chi connectivity index (χ1v) is 8.41. The summed E-state index contributed by atoms with van der Waals surface area (Å²) in [5, 5.41) is 2.67. The predicted octanol–water partition coefficient (Wildman–Crippen LogP) is 1.93. The fourth-order valence-corrected chi connectivity index (χ4v) is 2.49. The molecule has 1 aromatic rings. The number of hydrogen-bond acceptors (Lipinski definition) is 4. The fourth-order valence-electron chi connectivity index (χ4n) is 1.59. The number of ketones is 1. The third kappa shape index (κ3) is 6.39. The molecule has 1 rings (SSSR count). The number of carbonyl (C=O) groups excluding carboxylic acids is 2. The smallest absolute Gasteiger partial charge is 0.257 e. The van der Waals surface area contributed by atoms with Crippen LogP contribution >= 0.6 is 0 Å². The van der Waals surface area contributed by atoms with Crippen molar-refractivity contribution in [2.24, 2.45) is 0 Å². The first-order valence-electron chi connectivity index (χ1n) is 7.09. The summed E-state index contributed by atoms with van der Waals surface area (Å²) in [6, 6.07) is 6.69. The van der Waals surface area contributed by atoms with Gasteiger partial charge in [0.05, 0.1) is 0 Å². The van der Waals surface area contributed by atoms with Crippen molar-refractivity contribution in [3.8, 4) is 5.75 Å². The van der Waals surface area contributed by atoms with Crippen LogP contribution in [0, 0.1) is 0 Å². The third-order valence-corrected chi connectivity index (χ3v) is 4.84. The van der Waals surface area contributed by atoms with Gasteiger partial charge in [0.25, 0.3) is 5.91 Å². The molecular weight excluding hydrogens is 302 g/mol. The zero-order valence-electron chi connectivity index (χ0n) is 13.5. The molecule has 122 valence electrons. The van der Waals surface area contributed by atoms with Gasteiger partial charge in [-0.25, -0.2) is 0 Å². The van der Waals surface area contributed by atoms with Crippen molar-refractivity contribution in [3.63, 3.8) is 0 Å². The van der Waals surface area contributed by atoms with Gasteiger partial charge in [0.15, 0.2) is 12.4 Å². The van der Waals surface area contributed by atoms with E-state index < -0.39 is 10.8 Å². The minimum atomic E-state index is -0.995. The lowest BCUT2D eigenvalue weighted by molar-refractivity contribution is -0.122. The fraction of sp³-hybridized carbons (Fsp3) is 0.500.